The van der Waals surface area contributed by atoms with Gasteiger partial charge in [0.1, 0.15) is 11.6 Å². The van der Waals surface area contributed by atoms with Crippen LogP contribution >= 0.6 is 0 Å². The van der Waals surface area contributed by atoms with Crippen LogP contribution in [-0.4, -0.2) is 10.9 Å². The monoisotopic (exact) mass is 320 g/mol. The average molecular weight is 320 g/mol. The van der Waals surface area contributed by atoms with E-state index in [9.17, 15) is 10.1 Å². The average Bonchev–Trinajstić information content (AvgIpc) is 2.60. The van der Waals surface area contributed by atoms with Crippen LogP contribution in [0, 0.1) is 11.3 Å². The van der Waals surface area contributed by atoms with Crippen LogP contribution in [0.2, 0.25) is 0 Å². The molecule has 0 saturated carbocycles. The lowest BCUT2D eigenvalue weighted by Gasteiger charge is -2.13. The number of hydrogen-bond donors (Lipinski definition) is 2. The summed E-state index contributed by atoms with van der Waals surface area (Å²) in [5.41, 5.74) is 2.61. The second kappa shape index (κ2) is 8.49. The Bertz CT molecular complexity index is 760. The summed E-state index contributed by atoms with van der Waals surface area (Å²) < 4.78 is 0. The second-order valence-electron chi connectivity index (χ2n) is 5.57. The van der Waals surface area contributed by atoms with E-state index < -0.39 is 5.91 Å². The topological polar surface area (TPSA) is 77.8 Å². The summed E-state index contributed by atoms with van der Waals surface area (Å²) in [6.07, 6.45) is 3.11. The van der Waals surface area contributed by atoms with Crippen LogP contribution in [0.15, 0.2) is 60.4 Å². The Hall–Kier alpha value is -3.13. The molecule has 0 aliphatic heterocycles. The Balaban J connectivity index is 2.04. The molecule has 0 unspecified atom stereocenters. The molecule has 1 aromatic carbocycles. The third-order valence-corrected chi connectivity index (χ3v) is 3.45. The Morgan fingerprint density at radius 3 is 2.67 bits per heavy atom. The van der Waals surface area contributed by atoms with Crippen molar-refractivity contribution in [3.8, 4) is 6.07 Å². The van der Waals surface area contributed by atoms with Gasteiger partial charge in [0.05, 0.1) is 12.2 Å². The first-order chi connectivity index (χ1) is 11.6. The zero-order valence-corrected chi connectivity index (χ0v) is 13.8. The van der Waals surface area contributed by atoms with E-state index in [1.54, 1.807) is 6.20 Å². The highest BCUT2D eigenvalue weighted by molar-refractivity contribution is 6.06. The van der Waals surface area contributed by atoms with Crippen molar-refractivity contribution in [1.82, 2.24) is 10.3 Å². The van der Waals surface area contributed by atoms with Gasteiger partial charge in [-0.15, -0.1) is 0 Å². The maximum atomic E-state index is 12.3. The number of amides is 1. The molecule has 1 aromatic heterocycles. The fraction of sp³-hybridized carbons (Fsp3) is 0.211. The first kappa shape index (κ1) is 17.2. The molecule has 0 saturated heterocycles. The number of hydrogen-bond acceptors (Lipinski definition) is 4. The molecule has 0 atom stereocenters. The first-order valence-electron chi connectivity index (χ1n) is 7.75. The summed E-state index contributed by atoms with van der Waals surface area (Å²) in [4.78, 5) is 16.5. The summed E-state index contributed by atoms with van der Waals surface area (Å²) >= 11 is 0. The number of aromatic nitrogens is 1. The van der Waals surface area contributed by atoms with Gasteiger partial charge in [0.25, 0.3) is 5.91 Å². The van der Waals surface area contributed by atoms with Crippen molar-refractivity contribution in [1.29, 1.82) is 5.26 Å². The highest BCUT2D eigenvalue weighted by Crippen LogP contribution is 2.23. The molecular weight excluding hydrogens is 300 g/mol. The highest BCUT2D eigenvalue weighted by Gasteiger charge is 2.12. The molecule has 0 radical (unpaired) electrons. The standard InChI is InChI=1S/C19H20N4O/c1-14(2)17-8-3-4-9-18(17)23-19(24)15(11-20)12-21-13-16-7-5-6-10-22-16/h3-10,12,14,21H,13H2,1-2H3,(H,23,24)/b15-12-. The van der Waals surface area contributed by atoms with E-state index in [1.165, 1.54) is 6.20 Å². The predicted molar refractivity (Wildman–Crippen MR) is 93.9 cm³/mol. The van der Waals surface area contributed by atoms with Crippen LogP contribution in [0.25, 0.3) is 0 Å². The lowest BCUT2D eigenvalue weighted by atomic mass is 10.0. The quantitative estimate of drug-likeness (QED) is 0.632. The van der Waals surface area contributed by atoms with E-state index in [0.717, 1.165) is 16.9 Å². The van der Waals surface area contributed by atoms with Gasteiger partial charge in [-0.1, -0.05) is 38.1 Å². The van der Waals surface area contributed by atoms with Gasteiger partial charge < -0.3 is 10.6 Å². The van der Waals surface area contributed by atoms with E-state index >= 15 is 0 Å². The number of pyridine rings is 1. The number of nitriles is 1. The Kier molecular flexibility index (Phi) is 6.09. The van der Waals surface area contributed by atoms with Crippen LogP contribution in [0.4, 0.5) is 5.69 Å². The van der Waals surface area contributed by atoms with Crippen LogP contribution in [-0.2, 0) is 11.3 Å². The predicted octanol–water partition coefficient (Wildman–Crippen LogP) is 3.34. The number of rotatable bonds is 6. The van der Waals surface area contributed by atoms with E-state index in [0.29, 0.717) is 6.54 Å². The summed E-state index contributed by atoms with van der Waals surface area (Å²) in [6.45, 7) is 4.56. The smallest absolute Gasteiger partial charge is 0.267 e. The maximum absolute atomic E-state index is 12.3. The summed E-state index contributed by atoms with van der Waals surface area (Å²) in [5, 5.41) is 15.0. The minimum Gasteiger partial charge on any atom is -0.384 e. The summed E-state index contributed by atoms with van der Waals surface area (Å²) in [6, 6.07) is 15.1. The van der Waals surface area contributed by atoms with Gasteiger partial charge >= 0.3 is 0 Å². The summed E-state index contributed by atoms with van der Waals surface area (Å²) in [5.74, 6) is -0.155. The largest absolute Gasteiger partial charge is 0.384 e. The van der Waals surface area contributed by atoms with E-state index in [-0.39, 0.29) is 11.5 Å². The molecule has 122 valence electrons. The molecule has 1 amide bonds. The molecule has 0 bridgehead atoms. The highest BCUT2D eigenvalue weighted by atomic mass is 16.1. The van der Waals surface area contributed by atoms with Crippen molar-refractivity contribution < 1.29 is 4.79 Å². The van der Waals surface area contributed by atoms with Crippen molar-refractivity contribution in [3.63, 3.8) is 0 Å². The van der Waals surface area contributed by atoms with Crippen molar-refractivity contribution in [3.05, 3.63) is 71.7 Å². The zero-order valence-electron chi connectivity index (χ0n) is 13.8. The number of nitrogens with zero attached hydrogens (tertiary/aromatic N) is 2. The van der Waals surface area contributed by atoms with Crippen molar-refractivity contribution in [2.45, 2.75) is 26.3 Å². The van der Waals surface area contributed by atoms with Crippen LogP contribution < -0.4 is 10.6 Å². The first-order valence-corrected chi connectivity index (χ1v) is 7.75. The second-order valence-corrected chi connectivity index (χ2v) is 5.57. The minimum absolute atomic E-state index is 0.0180. The van der Waals surface area contributed by atoms with Gasteiger partial charge in [-0.05, 0) is 29.7 Å². The maximum Gasteiger partial charge on any atom is 0.267 e. The third-order valence-electron chi connectivity index (χ3n) is 3.45. The molecule has 0 aliphatic rings. The van der Waals surface area contributed by atoms with E-state index in [1.807, 2.05) is 48.5 Å². The number of para-hydroxylation sites is 1. The zero-order chi connectivity index (χ0) is 17.4. The molecule has 2 aromatic rings. The lowest BCUT2D eigenvalue weighted by Crippen LogP contribution is -2.17. The molecule has 24 heavy (non-hydrogen) atoms. The normalized spacial score (nSPS) is 11.0. The number of carbonyl (C=O) groups is 1. The molecule has 5 heteroatoms. The molecule has 1 heterocycles. The fourth-order valence-corrected chi connectivity index (χ4v) is 2.21. The number of nitrogens with one attached hydrogen (secondary N) is 2. The molecule has 0 aliphatic carbocycles. The van der Waals surface area contributed by atoms with Gasteiger partial charge in [-0.25, -0.2) is 0 Å². The Labute approximate surface area is 142 Å². The van der Waals surface area contributed by atoms with Crippen LogP contribution in [0.1, 0.15) is 31.0 Å². The third kappa shape index (κ3) is 4.68. The van der Waals surface area contributed by atoms with Gasteiger partial charge in [0.2, 0.25) is 0 Å². The molecule has 2 rings (SSSR count). The molecule has 5 nitrogen and oxygen atoms in total. The number of anilines is 1. The molecule has 0 fully saturated rings. The fourth-order valence-electron chi connectivity index (χ4n) is 2.21. The number of benzene rings is 1. The van der Waals surface area contributed by atoms with E-state index in [2.05, 4.69) is 29.5 Å². The van der Waals surface area contributed by atoms with Crippen LogP contribution in [0.3, 0.4) is 0 Å². The van der Waals surface area contributed by atoms with Crippen molar-refractivity contribution >= 4 is 11.6 Å². The van der Waals surface area contributed by atoms with Crippen LogP contribution in [0.5, 0.6) is 0 Å². The van der Waals surface area contributed by atoms with Gasteiger partial charge in [-0.2, -0.15) is 5.26 Å². The SMILES string of the molecule is CC(C)c1ccccc1NC(=O)/C(C#N)=C\NCc1ccccn1. The lowest BCUT2D eigenvalue weighted by molar-refractivity contribution is -0.112. The minimum atomic E-state index is -0.431. The summed E-state index contributed by atoms with van der Waals surface area (Å²) in [7, 11) is 0. The molecular formula is C19H20N4O. The van der Waals surface area contributed by atoms with Gasteiger partial charge in [0, 0.05) is 18.1 Å². The van der Waals surface area contributed by atoms with E-state index in [4.69, 9.17) is 0 Å². The Morgan fingerprint density at radius 1 is 1.25 bits per heavy atom. The number of carbonyl (C=O) groups excluding carboxylic acids is 1. The Morgan fingerprint density at radius 2 is 2.00 bits per heavy atom. The van der Waals surface area contributed by atoms with Crippen molar-refractivity contribution in [2.75, 3.05) is 5.32 Å². The molecule has 0 spiro atoms. The van der Waals surface area contributed by atoms with Crippen molar-refractivity contribution in [2.24, 2.45) is 0 Å². The van der Waals surface area contributed by atoms with Gasteiger partial charge in [-0.3, -0.25) is 9.78 Å². The van der Waals surface area contributed by atoms with Gasteiger partial charge in [0.15, 0.2) is 0 Å². The molecule has 2 N–H and O–H groups in total.